The van der Waals surface area contributed by atoms with Crippen LogP contribution in [0.15, 0.2) is 58.6 Å². The van der Waals surface area contributed by atoms with Gasteiger partial charge in [0.2, 0.25) is 0 Å². The van der Waals surface area contributed by atoms with Crippen LogP contribution in [-0.2, 0) is 16.1 Å². The van der Waals surface area contributed by atoms with Crippen molar-refractivity contribution in [3.05, 3.63) is 69.8 Å². The van der Waals surface area contributed by atoms with E-state index in [4.69, 9.17) is 9.47 Å². The number of nitriles is 1. The first kappa shape index (κ1) is 20.7. The van der Waals surface area contributed by atoms with Gasteiger partial charge in [0.25, 0.3) is 0 Å². The zero-order valence-electron chi connectivity index (χ0n) is 16.3. The van der Waals surface area contributed by atoms with Crippen molar-refractivity contribution in [3.8, 4) is 11.8 Å². The first-order chi connectivity index (χ1) is 14.0. The van der Waals surface area contributed by atoms with Crippen LogP contribution in [0.1, 0.15) is 18.2 Å². The summed E-state index contributed by atoms with van der Waals surface area (Å²) in [5.74, 6) is 0.196. The van der Waals surface area contributed by atoms with Crippen molar-refractivity contribution in [1.82, 2.24) is 4.57 Å². The summed E-state index contributed by atoms with van der Waals surface area (Å²) in [5.41, 5.74) is 2.82. The highest BCUT2D eigenvalue weighted by molar-refractivity contribution is 9.10. The SMILES string of the molecule is CCOC(=O)C(C#N)=Cc1c(C)n(CCOc2ccc(Br)cc2)c2ccccc12. The number of ether oxygens (including phenoxy) is 2. The fourth-order valence-corrected chi connectivity index (χ4v) is 3.47. The van der Waals surface area contributed by atoms with Gasteiger partial charge in [-0.1, -0.05) is 34.1 Å². The third-order valence-electron chi connectivity index (χ3n) is 4.58. The highest BCUT2D eigenvalue weighted by Crippen LogP contribution is 2.28. The van der Waals surface area contributed by atoms with Gasteiger partial charge in [-0.05, 0) is 50.3 Å². The summed E-state index contributed by atoms with van der Waals surface area (Å²) in [5, 5.41) is 10.4. The second-order valence-corrected chi connectivity index (χ2v) is 7.28. The van der Waals surface area contributed by atoms with Crippen LogP contribution in [0.5, 0.6) is 5.75 Å². The molecule has 1 aromatic heterocycles. The Balaban J connectivity index is 1.91. The molecule has 0 saturated heterocycles. The Morgan fingerprint density at radius 2 is 1.93 bits per heavy atom. The molecule has 0 fully saturated rings. The first-order valence-corrected chi connectivity index (χ1v) is 10.1. The molecular formula is C23H21BrN2O3. The molecule has 3 rings (SSSR count). The standard InChI is InChI=1S/C23H21BrN2O3/c1-3-28-23(27)17(15-25)14-21-16(2)26(22-7-5-4-6-20(21)22)12-13-29-19-10-8-18(24)9-11-19/h4-11,14H,3,12-13H2,1-2H3. The average Bonchev–Trinajstić information content (AvgIpc) is 2.99. The quantitative estimate of drug-likeness (QED) is 0.278. The van der Waals surface area contributed by atoms with Crippen LogP contribution in [0, 0.1) is 18.3 Å². The number of benzene rings is 2. The molecule has 0 saturated carbocycles. The predicted octanol–water partition coefficient (Wildman–Crippen LogP) is 5.26. The lowest BCUT2D eigenvalue weighted by Crippen LogP contribution is -2.09. The van der Waals surface area contributed by atoms with Crippen LogP contribution in [0.25, 0.3) is 17.0 Å². The van der Waals surface area contributed by atoms with E-state index in [1.54, 1.807) is 13.0 Å². The Morgan fingerprint density at radius 3 is 2.62 bits per heavy atom. The van der Waals surface area contributed by atoms with Gasteiger partial charge in [-0.15, -0.1) is 0 Å². The lowest BCUT2D eigenvalue weighted by molar-refractivity contribution is -0.137. The maximum Gasteiger partial charge on any atom is 0.348 e. The van der Waals surface area contributed by atoms with Crippen molar-refractivity contribution in [1.29, 1.82) is 5.26 Å². The van der Waals surface area contributed by atoms with Gasteiger partial charge >= 0.3 is 5.97 Å². The molecule has 0 atom stereocenters. The summed E-state index contributed by atoms with van der Waals surface area (Å²) in [6, 6.07) is 17.6. The summed E-state index contributed by atoms with van der Waals surface area (Å²) in [4.78, 5) is 12.0. The summed E-state index contributed by atoms with van der Waals surface area (Å²) in [6.45, 7) is 5.05. The molecule has 2 aromatic carbocycles. The lowest BCUT2D eigenvalue weighted by Gasteiger charge is -2.10. The molecule has 0 aliphatic carbocycles. The molecule has 0 spiro atoms. The molecule has 0 amide bonds. The molecule has 29 heavy (non-hydrogen) atoms. The number of fused-ring (bicyclic) bond motifs is 1. The van der Waals surface area contributed by atoms with Crippen LogP contribution in [-0.4, -0.2) is 23.8 Å². The van der Waals surface area contributed by atoms with E-state index in [1.165, 1.54) is 0 Å². The van der Waals surface area contributed by atoms with Crippen molar-refractivity contribution in [2.45, 2.75) is 20.4 Å². The number of esters is 1. The topological polar surface area (TPSA) is 64.2 Å². The second-order valence-electron chi connectivity index (χ2n) is 6.36. The van der Waals surface area contributed by atoms with Crippen molar-refractivity contribution in [3.63, 3.8) is 0 Å². The first-order valence-electron chi connectivity index (χ1n) is 9.30. The second kappa shape index (κ2) is 9.44. The molecule has 5 nitrogen and oxygen atoms in total. The van der Waals surface area contributed by atoms with Crippen LogP contribution in [0.2, 0.25) is 0 Å². The number of rotatable bonds is 7. The Labute approximate surface area is 178 Å². The number of hydrogen-bond donors (Lipinski definition) is 0. The smallest absolute Gasteiger partial charge is 0.348 e. The molecule has 3 aromatic rings. The molecule has 0 bridgehead atoms. The minimum Gasteiger partial charge on any atom is -0.492 e. The number of halogens is 1. The molecule has 1 heterocycles. The maximum absolute atomic E-state index is 12.0. The molecular weight excluding hydrogens is 432 g/mol. The summed E-state index contributed by atoms with van der Waals surface area (Å²) in [6.07, 6.45) is 1.61. The van der Waals surface area contributed by atoms with Crippen LogP contribution < -0.4 is 4.74 Å². The fourth-order valence-electron chi connectivity index (χ4n) is 3.20. The van der Waals surface area contributed by atoms with Gasteiger partial charge in [0, 0.05) is 26.6 Å². The largest absolute Gasteiger partial charge is 0.492 e. The average molecular weight is 453 g/mol. The lowest BCUT2D eigenvalue weighted by atomic mass is 10.1. The minimum atomic E-state index is -0.607. The molecule has 0 N–H and O–H groups in total. The van der Waals surface area contributed by atoms with Crippen LogP contribution in [0.4, 0.5) is 0 Å². The molecule has 0 radical (unpaired) electrons. The summed E-state index contributed by atoms with van der Waals surface area (Å²) in [7, 11) is 0. The highest BCUT2D eigenvalue weighted by Gasteiger charge is 2.16. The zero-order valence-corrected chi connectivity index (χ0v) is 17.9. The Hall–Kier alpha value is -3.04. The fraction of sp³-hybridized carbons (Fsp3) is 0.217. The zero-order chi connectivity index (χ0) is 20.8. The molecule has 148 valence electrons. The van der Waals surface area contributed by atoms with E-state index in [1.807, 2.05) is 61.5 Å². The van der Waals surface area contributed by atoms with Gasteiger partial charge in [0.15, 0.2) is 0 Å². The van der Waals surface area contributed by atoms with E-state index >= 15 is 0 Å². The summed E-state index contributed by atoms with van der Waals surface area (Å²) < 4.78 is 14.0. The van der Waals surface area contributed by atoms with E-state index in [0.717, 1.165) is 32.4 Å². The van der Waals surface area contributed by atoms with Crippen molar-refractivity contribution in [2.24, 2.45) is 0 Å². The van der Waals surface area contributed by atoms with Gasteiger partial charge in [-0.3, -0.25) is 0 Å². The van der Waals surface area contributed by atoms with Crippen molar-refractivity contribution >= 4 is 38.9 Å². The van der Waals surface area contributed by atoms with Crippen LogP contribution >= 0.6 is 15.9 Å². The van der Waals surface area contributed by atoms with Gasteiger partial charge in [-0.2, -0.15) is 5.26 Å². The van der Waals surface area contributed by atoms with Crippen molar-refractivity contribution in [2.75, 3.05) is 13.2 Å². The molecule has 6 heteroatoms. The number of hydrogen-bond acceptors (Lipinski definition) is 4. The minimum absolute atomic E-state index is 0.0102. The van der Waals surface area contributed by atoms with E-state index in [2.05, 4.69) is 20.5 Å². The van der Waals surface area contributed by atoms with E-state index in [-0.39, 0.29) is 12.2 Å². The molecule has 0 unspecified atom stereocenters. The number of carbonyl (C=O) groups excluding carboxylic acids is 1. The van der Waals surface area contributed by atoms with Gasteiger partial charge in [-0.25, -0.2) is 4.79 Å². The van der Waals surface area contributed by atoms with Gasteiger partial charge in [0.1, 0.15) is 24.0 Å². The normalized spacial score (nSPS) is 11.3. The predicted molar refractivity (Wildman–Crippen MR) is 117 cm³/mol. The number of para-hydroxylation sites is 1. The molecule has 0 aliphatic rings. The number of nitrogens with zero attached hydrogens (tertiary/aromatic N) is 2. The molecule has 0 aliphatic heterocycles. The van der Waals surface area contributed by atoms with E-state index in [9.17, 15) is 10.1 Å². The Bertz CT molecular complexity index is 1090. The number of carbonyl (C=O) groups is 1. The maximum atomic E-state index is 12.0. The van der Waals surface area contributed by atoms with E-state index < -0.39 is 5.97 Å². The van der Waals surface area contributed by atoms with Crippen LogP contribution in [0.3, 0.4) is 0 Å². The Kier molecular flexibility index (Phi) is 6.73. The highest BCUT2D eigenvalue weighted by atomic mass is 79.9. The van der Waals surface area contributed by atoms with Gasteiger partial charge in [0.05, 0.1) is 13.2 Å². The van der Waals surface area contributed by atoms with Crippen molar-refractivity contribution < 1.29 is 14.3 Å². The monoisotopic (exact) mass is 452 g/mol. The Morgan fingerprint density at radius 1 is 1.21 bits per heavy atom. The van der Waals surface area contributed by atoms with E-state index in [0.29, 0.717) is 13.2 Å². The summed E-state index contributed by atoms with van der Waals surface area (Å²) >= 11 is 3.41. The third kappa shape index (κ3) is 4.69. The van der Waals surface area contributed by atoms with Gasteiger partial charge < -0.3 is 14.0 Å². The number of aromatic nitrogens is 1. The third-order valence-corrected chi connectivity index (χ3v) is 5.11.